The van der Waals surface area contributed by atoms with E-state index in [2.05, 4.69) is 21.1 Å². The van der Waals surface area contributed by atoms with Crippen LogP contribution < -0.4 is 19.9 Å². The largest absolute Gasteiger partial charge is 0.495 e. The van der Waals surface area contributed by atoms with Crippen LogP contribution in [0.5, 0.6) is 17.2 Å². The fourth-order valence-electron chi connectivity index (χ4n) is 1.93. The van der Waals surface area contributed by atoms with Crippen molar-refractivity contribution in [3.05, 3.63) is 16.6 Å². The SMILES string of the molecule is COc1c(-c2cc(N)no2)cc2c(c1Br)OCCO2. The number of hydrogen-bond donors (Lipinski definition) is 1. The number of hydrogen-bond acceptors (Lipinski definition) is 6. The van der Waals surface area contributed by atoms with Gasteiger partial charge in [-0.1, -0.05) is 5.16 Å². The van der Waals surface area contributed by atoms with E-state index in [4.69, 9.17) is 24.5 Å². The van der Waals surface area contributed by atoms with E-state index in [0.717, 1.165) is 0 Å². The van der Waals surface area contributed by atoms with Crippen LogP contribution in [-0.4, -0.2) is 25.5 Å². The Morgan fingerprint density at radius 2 is 2.11 bits per heavy atom. The van der Waals surface area contributed by atoms with Crippen LogP contribution in [0.4, 0.5) is 5.82 Å². The normalized spacial score (nSPS) is 13.4. The van der Waals surface area contributed by atoms with Gasteiger partial charge in [-0.25, -0.2) is 0 Å². The van der Waals surface area contributed by atoms with E-state index in [1.165, 1.54) is 0 Å². The van der Waals surface area contributed by atoms with Gasteiger partial charge in [0.05, 0.1) is 12.7 Å². The number of nitrogens with zero attached hydrogens (tertiary/aromatic N) is 1. The Hall–Kier alpha value is -1.89. The predicted octanol–water partition coefficient (Wildman–Crippen LogP) is 2.47. The quantitative estimate of drug-likeness (QED) is 0.913. The molecule has 19 heavy (non-hydrogen) atoms. The van der Waals surface area contributed by atoms with Crippen LogP contribution in [0.2, 0.25) is 0 Å². The number of nitrogen functional groups attached to an aromatic ring is 1. The number of ether oxygens (including phenoxy) is 3. The van der Waals surface area contributed by atoms with Gasteiger partial charge < -0.3 is 24.5 Å². The molecule has 0 bridgehead atoms. The maximum atomic E-state index is 5.57. The zero-order valence-corrected chi connectivity index (χ0v) is 11.7. The maximum absolute atomic E-state index is 5.57. The lowest BCUT2D eigenvalue weighted by Crippen LogP contribution is -2.16. The molecule has 100 valence electrons. The molecule has 1 aromatic heterocycles. The summed E-state index contributed by atoms with van der Waals surface area (Å²) < 4.78 is 22.4. The lowest BCUT2D eigenvalue weighted by Gasteiger charge is -2.22. The Morgan fingerprint density at radius 3 is 2.79 bits per heavy atom. The van der Waals surface area contributed by atoms with Crippen molar-refractivity contribution < 1.29 is 18.7 Å². The molecule has 3 rings (SSSR count). The Labute approximate surface area is 117 Å². The number of fused-ring (bicyclic) bond motifs is 1. The van der Waals surface area contributed by atoms with Crippen LogP contribution in [0.3, 0.4) is 0 Å². The van der Waals surface area contributed by atoms with E-state index in [-0.39, 0.29) is 0 Å². The van der Waals surface area contributed by atoms with E-state index in [1.54, 1.807) is 19.2 Å². The molecule has 0 atom stereocenters. The van der Waals surface area contributed by atoms with Crippen molar-refractivity contribution in [1.82, 2.24) is 5.16 Å². The molecule has 6 nitrogen and oxygen atoms in total. The number of methoxy groups -OCH3 is 1. The Kier molecular flexibility index (Phi) is 2.98. The minimum absolute atomic E-state index is 0.308. The molecule has 0 aliphatic carbocycles. The van der Waals surface area contributed by atoms with E-state index in [0.29, 0.717) is 52.1 Å². The molecule has 0 saturated heterocycles. The zero-order chi connectivity index (χ0) is 13.4. The molecule has 0 radical (unpaired) electrons. The summed E-state index contributed by atoms with van der Waals surface area (Å²) in [6.45, 7) is 1.01. The van der Waals surface area contributed by atoms with Gasteiger partial charge >= 0.3 is 0 Å². The minimum atomic E-state index is 0.308. The highest BCUT2D eigenvalue weighted by atomic mass is 79.9. The Balaban J connectivity index is 2.21. The Bertz CT molecular complexity index is 626. The number of halogens is 1. The van der Waals surface area contributed by atoms with Crippen molar-refractivity contribution >= 4 is 21.7 Å². The first-order valence-corrected chi connectivity index (χ1v) is 6.38. The second kappa shape index (κ2) is 4.65. The van der Waals surface area contributed by atoms with E-state index in [1.807, 2.05) is 0 Å². The van der Waals surface area contributed by atoms with Crippen LogP contribution in [0.15, 0.2) is 21.1 Å². The van der Waals surface area contributed by atoms with Crippen LogP contribution in [0, 0.1) is 0 Å². The summed E-state index contributed by atoms with van der Waals surface area (Å²) in [7, 11) is 1.57. The summed E-state index contributed by atoms with van der Waals surface area (Å²) in [6.07, 6.45) is 0. The van der Waals surface area contributed by atoms with Crippen molar-refractivity contribution in [2.24, 2.45) is 0 Å². The second-order valence-corrected chi connectivity index (χ2v) is 4.70. The molecule has 0 saturated carbocycles. The first kappa shape index (κ1) is 12.2. The van der Waals surface area contributed by atoms with Gasteiger partial charge in [-0.05, 0) is 22.0 Å². The zero-order valence-electron chi connectivity index (χ0n) is 10.1. The molecule has 2 aromatic rings. The average molecular weight is 327 g/mol. The number of benzene rings is 1. The summed E-state index contributed by atoms with van der Waals surface area (Å²) >= 11 is 3.46. The van der Waals surface area contributed by atoms with Gasteiger partial charge in [0.15, 0.2) is 23.1 Å². The highest BCUT2D eigenvalue weighted by molar-refractivity contribution is 9.10. The minimum Gasteiger partial charge on any atom is -0.495 e. The average Bonchev–Trinajstić information content (AvgIpc) is 2.85. The predicted molar refractivity (Wildman–Crippen MR) is 71.6 cm³/mol. The van der Waals surface area contributed by atoms with Crippen molar-refractivity contribution in [1.29, 1.82) is 0 Å². The molecular formula is C12H11BrN2O4. The molecular weight excluding hydrogens is 316 g/mol. The number of anilines is 1. The molecule has 1 aromatic carbocycles. The molecule has 0 spiro atoms. The Morgan fingerprint density at radius 1 is 1.32 bits per heavy atom. The van der Waals surface area contributed by atoms with Crippen molar-refractivity contribution in [2.75, 3.05) is 26.1 Å². The van der Waals surface area contributed by atoms with Gasteiger partial charge in [-0.2, -0.15) is 0 Å². The summed E-state index contributed by atoms with van der Waals surface area (Å²) in [6, 6.07) is 3.42. The summed E-state index contributed by atoms with van der Waals surface area (Å²) in [5.41, 5.74) is 6.27. The van der Waals surface area contributed by atoms with Gasteiger partial charge in [0.1, 0.15) is 23.4 Å². The monoisotopic (exact) mass is 326 g/mol. The van der Waals surface area contributed by atoms with Crippen LogP contribution in [-0.2, 0) is 0 Å². The third-order valence-electron chi connectivity index (χ3n) is 2.73. The van der Waals surface area contributed by atoms with Crippen molar-refractivity contribution in [3.63, 3.8) is 0 Å². The maximum Gasteiger partial charge on any atom is 0.179 e. The van der Waals surface area contributed by atoms with Crippen LogP contribution in [0.25, 0.3) is 11.3 Å². The van der Waals surface area contributed by atoms with Crippen molar-refractivity contribution in [2.45, 2.75) is 0 Å². The van der Waals surface area contributed by atoms with Gasteiger partial charge in [0.25, 0.3) is 0 Å². The fraction of sp³-hybridized carbons (Fsp3) is 0.250. The molecule has 2 heterocycles. The topological polar surface area (TPSA) is 79.7 Å². The fourth-order valence-corrected chi connectivity index (χ4v) is 2.61. The molecule has 1 aliphatic rings. The number of nitrogens with two attached hydrogens (primary N) is 1. The second-order valence-electron chi connectivity index (χ2n) is 3.91. The first-order valence-electron chi connectivity index (χ1n) is 5.59. The standard InChI is InChI=1S/C12H11BrN2O4/c1-16-11-6(7-5-9(14)15-19-7)4-8-12(10(11)13)18-3-2-17-8/h4-5H,2-3H2,1H3,(H2,14,15). The lowest BCUT2D eigenvalue weighted by molar-refractivity contribution is 0.169. The lowest BCUT2D eigenvalue weighted by atomic mass is 10.1. The van der Waals surface area contributed by atoms with E-state index < -0.39 is 0 Å². The van der Waals surface area contributed by atoms with Gasteiger partial charge in [-0.15, -0.1) is 0 Å². The molecule has 2 N–H and O–H groups in total. The molecule has 0 fully saturated rings. The van der Waals surface area contributed by atoms with Crippen LogP contribution in [0.1, 0.15) is 0 Å². The van der Waals surface area contributed by atoms with Crippen molar-refractivity contribution in [3.8, 4) is 28.6 Å². The summed E-state index contributed by atoms with van der Waals surface area (Å²) in [4.78, 5) is 0. The third-order valence-corrected chi connectivity index (χ3v) is 3.45. The van der Waals surface area contributed by atoms with Gasteiger partial charge in [-0.3, -0.25) is 0 Å². The number of rotatable bonds is 2. The van der Waals surface area contributed by atoms with E-state index in [9.17, 15) is 0 Å². The summed E-state index contributed by atoms with van der Waals surface area (Å²) in [5.74, 6) is 2.65. The molecule has 7 heteroatoms. The molecule has 0 amide bonds. The van der Waals surface area contributed by atoms with Gasteiger partial charge in [0, 0.05) is 6.07 Å². The first-order chi connectivity index (χ1) is 9.20. The molecule has 1 aliphatic heterocycles. The number of aromatic nitrogens is 1. The highest BCUT2D eigenvalue weighted by Crippen LogP contribution is 2.49. The summed E-state index contributed by atoms with van der Waals surface area (Å²) in [5, 5.41) is 3.67. The van der Waals surface area contributed by atoms with E-state index >= 15 is 0 Å². The highest BCUT2D eigenvalue weighted by Gasteiger charge is 2.24. The third kappa shape index (κ3) is 1.99. The van der Waals surface area contributed by atoms with Gasteiger partial charge in [0.2, 0.25) is 0 Å². The smallest absolute Gasteiger partial charge is 0.179 e. The van der Waals surface area contributed by atoms with Crippen LogP contribution >= 0.6 is 15.9 Å². The molecule has 0 unspecified atom stereocenters.